The number of ketones is 1. The van der Waals surface area contributed by atoms with E-state index in [1.807, 2.05) is 6.92 Å². The predicted octanol–water partition coefficient (Wildman–Crippen LogP) is 4.22. The fourth-order valence-electron chi connectivity index (χ4n) is 1.70. The van der Waals surface area contributed by atoms with Gasteiger partial charge in [-0.25, -0.2) is 4.39 Å². The molecule has 98 valence electrons. The Hall–Kier alpha value is -1.68. The normalized spacial score (nSPS) is 10.3. The van der Waals surface area contributed by atoms with Crippen molar-refractivity contribution in [2.45, 2.75) is 6.92 Å². The highest BCUT2D eigenvalue weighted by molar-refractivity contribution is 9.10. The Bertz CT molecular complexity index is 611. The van der Waals surface area contributed by atoms with Gasteiger partial charge in [0, 0.05) is 11.1 Å². The van der Waals surface area contributed by atoms with E-state index in [9.17, 15) is 9.18 Å². The van der Waals surface area contributed by atoms with Crippen LogP contribution in [-0.4, -0.2) is 12.4 Å². The molecule has 0 saturated carbocycles. The van der Waals surface area contributed by atoms with Gasteiger partial charge in [0.15, 0.2) is 5.78 Å². The highest BCUT2D eigenvalue weighted by Crippen LogP contribution is 2.21. The molecular formula is C15H12BrFO2. The summed E-state index contributed by atoms with van der Waals surface area (Å²) in [5, 5.41) is 0. The molecule has 19 heavy (non-hydrogen) atoms. The standard InChI is InChI=1S/C15H12BrFO2/c1-2-19-12-5-3-4-10(8-12)15(18)11-6-7-14(17)13(16)9-11/h3-9H,2H2,1H3. The monoisotopic (exact) mass is 322 g/mol. The van der Waals surface area contributed by atoms with Crippen LogP contribution in [0.1, 0.15) is 22.8 Å². The van der Waals surface area contributed by atoms with Crippen molar-refractivity contribution in [2.24, 2.45) is 0 Å². The number of carbonyl (C=O) groups is 1. The zero-order valence-corrected chi connectivity index (χ0v) is 11.9. The molecule has 0 heterocycles. The SMILES string of the molecule is CCOc1cccc(C(=O)c2ccc(F)c(Br)c2)c1. The molecule has 0 N–H and O–H groups in total. The van der Waals surface area contributed by atoms with Crippen LogP contribution in [0.4, 0.5) is 4.39 Å². The van der Waals surface area contributed by atoms with Crippen molar-refractivity contribution in [1.29, 1.82) is 0 Å². The summed E-state index contributed by atoms with van der Waals surface area (Å²) in [5.74, 6) is 0.0939. The van der Waals surface area contributed by atoms with Gasteiger partial charge in [0.25, 0.3) is 0 Å². The summed E-state index contributed by atoms with van der Waals surface area (Å²) in [7, 11) is 0. The van der Waals surface area contributed by atoms with E-state index >= 15 is 0 Å². The zero-order valence-electron chi connectivity index (χ0n) is 10.3. The van der Waals surface area contributed by atoms with E-state index in [2.05, 4.69) is 15.9 Å². The van der Waals surface area contributed by atoms with Gasteiger partial charge in [0.1, 0.15) is 11.6 Å². The van der Waals surface area contributed by atoms with Gasteiger partial charge in [-0.05, 0) is 53.2 Å². The second-order valence-corrected chi connectivity index (χ2v) is 4.77. The molecule has 0 spiro atoms. The molecule has 0 radical (unpaired) electrons. The average molecular weight is 323 g/mol. The quantitative estimate of drug-likeness (QED) is 0.788. The number of carbonyl (C=O) groups excluding carboxylic acids is 1. The summed E-state index contributed by atoms with van der Waals surface area (Å²) in [4.78, 5) is 12.3. The summed E-state index contributed by atoms with van der Waals surface area (Å²) in [6.45, 7) is 2.42. The molecule has 2 aromatic carbocycles. The number of benzene rings is 2. The van der Waals surface area contributed by atoms with Crippen LogP contribution in [0.25, 0.3) is 0 Å². The van der Waals surface area contributed by atoms with Gasteiger partial charge in [-0.15, -0.1) is 0 Å². The first-order valence-corrected chi connectivity index (χ1v) is 6.63. The van der Waals surface area contributed by atoms with Gasteiger partial charge in [-0.3, -0.25) is 4.79 Å². The van der Waals surface area contributed by atoms with Gasteiger partial charge in [0.2, 0.25) is 0 Å². The Balaban J connectivity index is 2.32. The lowest BCUT2D eigenvalue weighted by atomic mass is 10.0. The van der Waals surface area contributed by atoms with Crippen LogP contribution in [0.5, 0.6) is 5.75 Å². The van der Waals surface area contributed by atoms with E-state index in [1.165, 1.54) is 18.2 Å². The molecule has 0 aliphatic heterocycles. The fourth-order valence-corrected chi connectivity index (χ4v) is 2.08. The molecule has 4 heteroatoms. The molecule has 2 aromatic rings. The van der Waals surface area contributed by atoms with E-state index in [1.54, 1.807) is 24.3 Å². The summed E-state index contributed by atoms with van der Waals surface area (Å²) < 4.78 is 18.8. The zero-order chi connectivity index (χ0) is 13.8. The number of halogens is 2. The summed E-state index contributed by atoms with van der Waals surface area (Å²) in [6, 6.07) is 11.2. The molecule has 2 nitrogen and oxygen atoms in total. The van der Waals surface area contributed by atoms with Crippen molar-refractivity contribution in [2.75, 3.05) is 6.61 Å². The van der Waals surface area contributed by atoms with Crippen molar-refractivity contribution in [1.82, 2.24) is 0 Å². The van der Waals surface area contributed by atoms with Crippen molar-refractivity contribution < 1.29 is 13.9 Å². The Morgan fingerprint density at radius 3 is 2.63 bits per heavy atom. The summed E-state index contributed by atoms with van der Waals surface area (Å²) >= 11 is 3.07. The van der Waals surface area contributed by atoms with Crippen molar-refractivity contribution in [3.8, 4) is 5.75 Å². The largest absolute Gasteiger partial charge is 0.494 e. The Morgan fingerprint density at radius 2 is 1.95 bits per heavy atom. The molecule has 0 aromatic heterocycles. The maximum Gasteiger partial charge on any atom is 0.193 e. The maximum atomic E-state index is 13.2. The molecule has 0 unspecified atom stereocenters. The van der Waals surface area contributed by atoms with Crippen LogP contribution in [0.2, 0.25) is 0 Å². The first-order chi connectivity index (χ1) is 9.11. The average Bonchev–Trinajstić information content (AvgIpc) is 2.42. The topological polar surface area (TPSA) is 26.3 Å². The highest BCUT2D eigenvalue weighted by atomic mass is 79.9. The number of ether oxygens (including phenoxy) is 1. The predicted molar refractivity (Wildman–Crippen MR) is 75.1 cm³/mol. The van der Waals surface area contributed by atoms with E-state index < -0.39 is 0 Å². The second-order valence-electron chi connectivity index (χ2n) is 3.92. The van der Waals surface area contributed by atoms with E-state index in [-0.39, 0.29) is 16.1 Å². The van der Waals surface area contributed by atoms with Gasteiger partial charge >= 0.3 is 0 Å². The lowest BCUT2D eigenvalue weighted by Crippen LogP contribution is -2.02. The number of rotatable bonds is 4. The van der Waals surface area contributed by atoms with Crippen LogP contribution in [0.15, 0.2) is 46.9 Å². The summed E-state index contributed by atoms with van der Waals surface area (Å²) in [6.07, 6.45) is 0. The minimum absolute atomic E-state index is 0.165. The third-order valence-electron chi connectivity index (χ3n) is 2.59. The van der Waals surface area contributed by atoms with Gasteiger partial charge in [-0.1, -0.05) is 12.1 Å². The van der Waals surface area contributed by atoms with Crippen molar-refractivity contribution in [3.05, 3.63) is 63.9 Å². The Labute approximate surface area is 119 Å². The van der Waals surface area contributed by atoms with E-state index in [4.69, 9.17) is 4.74 Å². The number of hydrogen-bond donors (Lipinski definition) is 0. The first-order valence-electron chi connectivity index (χ1n) is 5.84. The minimum Gasteiger partial charge on any atom is -0.494 e. The fraction of sp³-hybridized carbons (Fsp3) is 0.133. The van der Waals surface area contributed by atoms with E-state index in [0.717, 1.165) is 0 Å². The molecule has 0 amide bonds. The Morgan fingerprint density at radius 1 is 1.21 bits per heavy atom. The molecular weight excluding hydrogens is 311 g/mol. The number of hydrogen-bond acceptors (Lipinski definition) is 2. The van der Waals surface area contributed by atoms with E-state index in [0.29, 0.717) is 23.5 Å². The molecule has 0 fully saturated rings. The van der Waals surface area contributed by atoms with Crippen LogP contribution in [0.3, 0.4) is 0 Å². The van der Waals surface area contributed by atoms with Gasteiger partial charge < -0.3 is 4.74 Å². The summed E-state index contributed by atoms with van der Waals surface area (Å²) in [5.41, 5.74) is 0.950. The third kappa shape index (κ3) is 3.20. The Kier molecular flexibility index (Phi) is 4.32. The molecule has 0 saturated heterocycles. The molecule has 0 bridgehead atoms. The van der Waals surface area contributed by atoms with Crippen molar-refractivity contribution >= 4 is 21.7 Å². The first kappa shape index (κ1) is 13.7. The minimum atomic E-state index is -0.389. The second kappa shape index (κ2) is 5.97. The lowest BCUT2D eigenvalue weighted by molar-refractivity contribution is 0.103. The highest BCUT2D eigenvalue weighted by Gasteiger charge is 2.11. The van der Waals surface area contributed by atoms with Crippen LogP contribution < -0.4 is 4.74 Å². The maximum absolute atomic E-state index is 13.2. The van der Waals surface area contributed by atoms with Crippen LogP contribution in [-0.2, 0) is 0 Å². The van der Waals surface area contributed by atoms with Crippen LogP contribution >= 0.6 is 15.9 Å². The van der Waals surface area contributed by atoms with Gasteiger partial charge in [0.05, 0.1) is 11.1 Å². The van der Waals surface area contributed by atoms with Crippen LogP contribution in [0, 0.1) is 5.82 Å². The smallest absolute Gasteiger partial charge is 0.193 e. The molecule has 2 rings (SSSR count). The lowest BCUT2D eigenvalue weighted by Gasteiger charge is -2.06. The van der Waals surface area contributed by atoms with Gasteiger partial charge in [-0.2, -0.15) is 0 Å². The van der Waals surface area contributed by atoms with Crippen molar-refractivity contribution in [3.63, 3.8) is 0 Å². The molecule has 0 aliphatic rings. The third-order valence-corrected chi connectivity index (χ3v) is 3.20. The molecule has 0 atom stereocenters. The molecule has 0 aliphatic carbocycles.